The maximum atomic E-state index is 13.1. The topological polar surface area (TPSA) is 69.7 Å². The monoisotopic (exact) mass is 469 g/mol. The van der Waals surface area contributed by atoms with Crippen LogP contribution < -0.4 is 5.32 Å². The van der Waals surface area contributed by atoms with Gasteiger partial charge in [-0.15, -0.1) is 6.58 Å². The van der Waals surface area contributed by atoms with Gasteiger partial charge in [0.2, 0.25) is 5.91 Å². The van der Waals surface area contributed by atoms with Crippen LogP contribution in [-0.2, 0) is 4.79 Å². The van der Waals surface area contributed by atoms with Crippen LogP contribution in [0.2, 0.25) is 0 Å². The van der Waals surface area contributed by atoms with Gasteiger partial charge in [-0.1, -0.05) is 40.2 Å². The van der Waals surface area contributed by atoms with E-state index in [0.29, 0.717) is 56.0 Å². The van der Waals surface area contributed by atoms with Crippen molar-refractivity contribution in [3.63, 3.8) is 0 Å². The van der Waals surface area contributed by atoms with Crippen LogP contribution in [0, 0.1) is 0 Å². The van der Waals surface area contributed by atoms with Crippen LogP contribution in [0.4, 0.5) is 0 Å². The molecule has 1 aliphatic heterocycles. The summed E-state index contributed by atoms with van der Waals surface area (Å²) >= 11 is 3.37. The fourth-order valence-electron chi connectivity index (χ4n) is 3.35. The zero-order valence-electron chi connectivity index (χ0n) is 16.6. The Morgan fingerprint density at radius 1 is 0.967 bits per heavy atom. The molecule has 0 saturated carbocycles. The van der Waals surface area contributed by atoms with Crippen molar-refractivity contribution < 1.29 is 14.4 Å². The number of nitrogens with zero attached hydrogens (tertiary/aromatic N) is 2. The molecule has 2 amide bonds. The minimum atomic E-state index is -0.177. The molecule has 1 N–H and O–H groups in total. The first kappa shape index (κ1) is 21.9. The van der Waals surface area contributed by atoms with Crippen LogP contribution in [0.5, 0.6) is 0 Å². The Morgan fingerprint density at radius 2 is 1.60 bits per heavy atom. The lowest BCUT2D eigenvalue weighted by Gasteiger charge is -2.34. The number of amides is 2. The van der Waals surface area contributed by atoms with Crippen molar-refractivity contribution >= 4 is 33.5 Å². The molecule has 0 atom stereocenters. The van der Waals surface area contributed by atoms with Crippen molar-refractivity contribution in [1.82, 2.24) is 15.1 Å². The van der Waals surface area contributed by atoms with E-state index in [0.717, 1.165) is 4.47 Å². The van der Waals surface area contributed by atoms with E-state index in [1.54, 1.807) is 47.4 Å². The quantitative estimate of drug-likeness (QED) is 0.499. The molecule has 1 aliphatic rings. The maximum absolute atomic E-state index is 13.1. The Kier molecular flexibility index (Phi) is 7.54. The molecule has 0 bridgehead atoms. The van der Waals surface area contributed by atoms with Crippen molar-refractivity contribution in [3.05, 3.63) is 82.3 Å². The summed E-state index contributed by atoms with van der Waals surface area (Å²) in [4.78, 5) is 41.7. The molecule has 2 aromatic rings. The standard InChI is InChI=1S/C23H24BrN3O3/c1-2-11-25-21(28)16-26-12-14-27(15-13-26)23(30)20-6-4-3-5-19(20)22(29)17-7-9-18(24)10-8-17/h2-10H,1,11-16H2,(H,25,28). The van der Waals surface area contributed by atoms with Gasteiger partial charge in [0.05, 0.1) is 12.1 Å². The minimum absolute atomic E-state index is 0.0554. The number of ketones is 1. The summed E-state index contributed by atoms with van der Waals surface area (Å²) in [7, 11) is 0. The van der Waals surface area contributed by atoms with Crippen molar-refractivity contribution in [2.75, 3.05) is 39.3 Å². The SMILES string of the molecule is C=CCNC(=O)CN1CCN(C(=O)c2ccccc2C(=O)c2ccc(Br)cc2)CC1. The first-order chi connectivity index (χ1) is 14.5. The fraction of sp³-hybridized carbons (Fsp3) is 0.261. The van der Waals surface area contributed by atoms with Gasteiger partial charge in [-0.05, 0) is 30.3 Å². The Labute approximate surface area is 184 Å². The maximum Gasteiger partial charge on any atom is 0.254 e. The van der Waals surface area contributed by atoms with Gasteiger partial charge in [-0.3, -0.25) is 19.3 Å². The Hall–Kier alpha value is -2.77. The summed E-state index contributed by atoms with van der Waals surface area (Å²) in [6, 6.07) is 14.0. The molecule has 30 heavy (non-hydrogen) atoms. The molecule has 1 heterocycles. The number of piperazine rings is 1. The molecule has 1 fully saturated rings. The Bertz CT molecular complexity index is 935. The highest BCUT2D eigenvalue weighted by Gasteiger charge is 2.26. The normalized spacial score (nSPS) is 14.2. The number of rotatable bonds is 7. The van der Waals surface area contributed by atoms with E-state index in [1.165, 1.54) is 0 Å². The van der Waals surface area contributed by atoms with E-state index in [1.807, 2.05) is 17.0 Å². The zero-order chi connectivity index (χ0) is 21.5. The highest BCUT2D eigenvalue weighted by atomic mass is 79.9. The second-order valence-electron chi connectivity index (χ2n) is 7.04. The number of carbonyl (C=O) groups is 3. The number of hydrogen-bond donors (Lipinski definition) is 1. The summed E-state index contributed by atoms with van der Waals surface area (Å²) < 4.78 is 0.888. The van der Waals surface area contributed by atoms with Gasteiger partial charge < -0.3 is 10.2 Å². The van der Waals surface area contributed by atoms with Crippen LogP contribution in [0.3, 0.4) is 0 Å². The van der Waals surface area contributed by atoms with Crippen molar-refractivity contribution in [1.29, 1.82) is 0 Å². The summed E-state index contributed by atoms with van der Waals surface area (Å²) in [5, 5.41) is 2.76. The summed E-state index contributed by atoms with van der Waals surface area (Å²) in [5.41, 5.74) is 1.34. The van der Waals surface area contributed by atoms with E-state index in [9.17, 15) is 14.4 Å². The smallest absolute Gasteiger partial charge is 0.254 e. The average molecular weight is 470 g/mol. The van der Waals surface area contributed by atoms with E-state index < -0.39 is 0 Å². The first-order valence-corrected chi connectivity index (χ1v) is 10.6. The molecule has 0 unspecified atom stereocenters. The molecule has 1 saturated heterocycles. The lowest BCUT2D eigenvalue weighted by atomic mass is 9.97. The lowest BCUT2D eigenvalue weighted by Crippen LogP contribution is -2.51. The molecular formula is C23H24BrN3O3. The summed E-state index contributed by atoms with van der Waals surface area (Å²) in [6.45, 7) is 6.56. The van der Waals surface area contributed by atoms with E-state index in [4.69, 9.17) is 0 Å². The van der Waals surface area contributed by atoms with Gasteiger partial charge in [-0.2, -0.15) is 0 Å². The third kappa shape index (κ3) is 5.43. The van der Waals surface area contributed by atoms with Crippen LogP contribution >= 0.6 is 15.9 Å². The third-order valence-electron chi connectivity index (χ3n) is 4.98. The molecule has 0 aliphatic carbocycles. The number of hydrogen-bond acceptors (Lipinski definition) is 4. The van der Waals surface area contributed by atoms with Crippen molar-refractivity contribution in [3.8, 4) is 0 Å². The molecule has 156 valence electrons. The molecule has 3 rings (SSSR count). The molecule has 0 spiro atoms. The third-order valence-corrected chi connectivity index (χ3v) is 5.51. The van der Waals surface area contributed by atoms with Crippen molar-refractivity contribution in [2.45, 2.75) is 0 Å². The summed E-state index contributed by atoms with van der Waals surface area (Å²) in [6.07, 6.45) is 1.64. The van der Waals surface area contributed by atoms with E-state index in [-0.39, 0.29) is 17.6 Å². The Balaban J connectivity index is 1.67. The van der Waals surface area contributed by atoms with Gasteiger partial charge in [0, 0.05) is 48.3 Å². The van der Waals surface area contributed by atoms with E-state index >= 15 is 0 Å². The average Bonchev–Trinajstić information content (AvgIpc) is 2.78. The second-order valence-corrected chi connectivity index (χ2v) is 7.96. The zero-order valence-corrected chi connectivity index (χ0v) is 18.2. The van der Waals surface area contributed by atoms with Gasteiger partial charge in [0.15, 0.2) is 5.78 Å². The van der Waals surface area contributed by atoms with Gasteiger partial charge in [0.25, 0.3) is 5.91 Å². The minimum Gasteiger partial charge on any atom is -0.352 e. The molecule has 6 nitrogen and oxygen atoms in total. The molecule has 7 heteroatoms. The van der Waals surface area contributed by atoms with Crippen molar-refractivity contribution in [2.24, 2.45) is 0 Å². The highest BCUT2D eigenvalue weighted by molar-refractivity contribution is 9.10. The van der Waals surface area contributed by atoms with Crippen LogP contribution in [0.25, 0.3) is 0 Å². The van der Waals surface area contributed by atoms with Gasteiger partial charge >= 0.3 is 0 Å². The highest BCUT2D eigenvalue weighted by Crippen LogP contribution is 2.19. The predicted octanol–water partition coefficient (Wildman–Crippen LogP) is 2.74. The Morgan fingerprint density at radius 3 is 2.23 bits per heavy atom. The van der Waals surface area contributed by atoms with Crippen LogP contribution in [-0.4, -0.2) is 66.7 Å². The van der Waals surface area contributed by atoms with Gasteiger partial charge in [0.1, 0.15) is 0 Å². The number of carbonyl (C=O) groups excluding carboxylic acids is 3. The van der Waals surface area contributed by atoms with E-state index in [2.05, 4.69) is 27.8 Å². The first-order valence-electron chi connectivity index (χ1n) is 9.78. The number of benzene rings is 2. The molecule has 0 radical (unpaired) electrons. The molecular weight excluding hydrogens is 446 g/mol. The molecule has 2 aromatic carbocycles. The lowest BCUT2D eigenvalue weighted by molar-refractivity contribution is -0.122. The fourth-order valence-corrected chi connectivity index (χ4v) is 3.61. The largest absolute Gasteiger partial charge is 0.352 e. The molecule has 0 aromatic heterocycles. The summed E-state index contributed by atoms with van der Waals surface area (Å²) in [5.74, 6) is -0.393. The second kappa shape index (κ2) is 10.3. The number of halogens is 1. The number of nitrogens with one attached hydrogen (secondary N) is 1. The van der Waals surface area contributed by atoms with Crippen LogP contribution in [0.1, 0.15) is 26.3 Å². The predicted molar refractivity (Wildman–Crippen MR) is 120 cm³/mol. The van der Waals surface area contributed by atoms with Crippen LogP contribution in [0.15, 0.2) is 65.7 Å². The van der Waals surface area contributed by atoms with Gasteiger partial charge in [-0.25, -0.2) is 0 Å².